The summed E-state index contributed by atoms with van der Waals surface area (Å²) in [5.74, 6) is 0.866. The molecule has 2 rings (SSSR count). The first-order chi connectivity index (χ1) is 7.59. The summed E-state index contributed by atoms with van der Waals surface area (Å²) in [6.07, 6.45) is 3.84. The second kappa shape index (κ2) is 6.16. The minimum Gasteiger partial charge on any atom is -0.450 e. The number of rotatable bonds is 1. The maximum absolute atomic E-state index is 8.56. The van der Waals surface area contributed by atoms with Crippen LogP contribution in [0.15, 0.2) is 24.3 Å². The van der Waals surface area contributed by atoms with Crippen molar-refractivity contribution in [3.05, 3.63) is 35.4 Å². The predicted octanol–water partition coefficient (Wildman–Crippen LogP) is 3.88. The molecular weight excluding hydrogens is 204 g/mol. The fourth-order valence-corrected chi connectivity index (χ4v) is 2.10. The molecule has 0 atom stereocenters. The third kappa shape index (κ3) is 4.34. The smallest absolute Gasteiger partial charge is 0.450 e. The van der Waals surface area contributed by atoms with Crippen LogP contribution in [-0.4, -0.2) is 16.4 Å². The maximum atomic E-state index is 8.56. The lowest BCUT2D eigenvalue weighted by molar-refractivity contribution is 0.137. The Morgan fingerprint density at radius 1 is 1.12 bits per heavy atom. The molecular formula is C13H18O3. The molecule has 1 aromatic rings. The van der Waals surface area contributed by atoms with Crippen LogP contribution in [-0.2, 0) is 0 Å². The summed E-state index contributed by atoms with van der Waals surface area (Å²) in [4.78, 5) is 8.56. The van der Waals surface area contributed by atoms with Crippen LogP contribution < -0.4 is 0 Å². The highest BCUT2D eigenvalue weighted by Gasteiger charge is 2.16. The molecule has 0 saturated heterocycles. The van der Waals surface area contributed by atoms with E-state index in [1.54, 1.807) is 5.56 Å². The van der Waals surface area contributed by atoms with Gasteiger partial charge in [0, 0.05) is 0 Å². The molecule has 0 amide bonds. The van der Waals surface area contributed by atoms with Crippen molar-refractivity contribution in [2.45, 2.75) is 38.5 Å². The summed E-state index contributed by atoms with van der Waals surface area (Å²) in [6, 6.07) is 9.05. The number of carboxylic acid groups (broad SMARTS) is 2. The lowest BCUT2D eigenvalue weighted by Gasteiger charge is -2.08. The van der Waals surface area contributed by atoms with E-state index in [1.807, 2.05) is 0 Å². The van der Waals surface area contributed by atoms with E-state index in [1.165, 1.54) is 31.2 Å². The van der Waals surface area contributed by atoms with Crippen LogP contribution in [0.4, 0.5) is 4.79 Å². The van der Waals surface area contributed by atoms with E-state index in [4.69, 9.17) is 15.0 Å². The minimum atomic E-state index is -1.83. The van der Waals surface area contributed by atoms with E-state index < -0.39 is 6.16 Å². The van der Waals surface area contributed by atoms with E-state index in [9.17, 15) is 0 Å². The van der Waals surface area contributed by atoms with Gasteiger partial charge in [0.15, 0.2) is 0 Å². The molecule has 0 aliphatic heterocycles. The first-order valence-corrected chi connectivity index (χ1v) is 5.58. The lowest BCUT2D eigenvalue weighted by atomic mass is 9.97. The van der Waals surface area contributed by atoms with Gasteiger partial charge in [-0.1, -0.05) is 42.7 Å². The van der Waals surface area contributed by atoms with Gasteiger partial charge >= 0.3 is 6.16 Å². The molecule has 0 heterocycles. The SMILES string of the molecule is Cc1ccc(C2CCCC2)cc1.O=C(O)O. The predicted molar refractivity (Wildman–Crippen MR) is 63.0 cm³/mol. The molecule has 1 fully saturated rings. The molecule has 0 unspecified atom stereocenters. The molecule has 1 aromatic carbocycles. The fraction of sp³-hybridized carbons (Fsp3) is 0.462. The molecule has 1 saturated carbocycles. The summed E-state index contributed by atoms with van der Waals surface area (Å²) >= 11 is 0. The Morgan fingerprint density at radius 3 is 2.00 bits per heavy atom. The van der Waals surface area contributed by atoms with E-state index in [2.05, 4.69) is 31.2 Å². The Kier molecular flexibility index (Phi) is 4.83. The summed E-state index contributed by atoms with van der Waals surface area (Å²) in [5.41, 5.74) is 2.93. The average Bonchev–Trinajstić information content (AvgIpc) is 2.71. The van der Waals surface area contributed by atoms with Gasteiger partial charge < -0.3 is 10.2 Å². The summed E-state index contributed by atoms with van der Waals surface area (Å²) in [6.45, 7) is 2.15. The van der Waals surface area contributed by atoms with Crippen LogP contribution in [0.3, 0.4) is 0 Å². The van der Waals surface area contributed by atoms with Crippen LogP contribution in [0.1, 0.15) is 42.7 Å². The largest absolute Gasteiger partial charge is 0.503 e. The Morgan fingerprint density at radius 2 is 1.56 bits per heavy atom. The van der Waals surface area contributed by atoms with Crippen molar-refractivity contribution >= 4 is 6.16 Å². The molecule has 0 bridgehead atoms. The van der Waals surface area contributed by atoms with Gasteiger partial charge in [0.1, 0.15) is 0 Å². The summed E-state index contributed by atoms with van der Waals surface area (Å²) in [5, 5.41) is 13.9. The molecule has 0 radical (unpaired) electrons. The highest BCUT2D eigenvalue weighted by Crippen LogP contribution is 2.33. The quantitative estimate of drug-likeness (QED) is 0.758. The van der Waals surface area contributed by atoms with Gasteiger partial charge in [0.25, 0.3) is 0 Å². The van der Waals surface area contributed by atoms with Gasteiger partial charge in [-0.15, -0.1) is 0 Å². The topological polar surface area (TPSA) is 57.5 Å². The monoisotopic (exact) mass is 222 g/mol. The molecule has 88 valence electrons. The summed E-state index contributed by atoms with van der Waals surface area (Å²) < 4.78 is 0. The van der Waals surface area contributed by atoms with Crippen molar-refractivity contribution in [2.75, 3.05) is 0 Å². The van der Waals surface area contributed by atoms with Crippen molar-refractivity contribution in [3.63, 3.8) is 0 Å². The fourth-order valence-electron chi connectivity index (χ4n) is 2.10. The average molecular weight is 222 g/mol. The highest BCUT2D eigenvalue weighted by atomic mass is 16.6. The van der Waals surface area contributed by atoms with Gasteiger partial charge in [-0.2, -0.15) is 0 Å². The van der Waals surface area contributed by atoms with Gasteiger partial charge in [0.2, 0.25) is 0 Å². The molecule has 3 nitrogen and oxygen atoms in total. The van der Waals surface area contributed by atoms with Gasteiger partial charge in [-0.3, -0.25) is 0 Å². The molecule has 0 aromatic heterocycles. The van der Waals surface area contributed by atoms with Crippen LogP contribution in [0.25, 0.3) is 0 Å². The molecule has 0 spiro atoms. The van der Waals surface area contributed by atoms with E-state index in [-0.39, 0.29) is 0 Å². The van der Waals surface area contributed by atoms with Crippen LogP contribution in [0.2, 0.25) is 0 Å². The van der Waals surface area contributed by atoms with Crippen molar-refractivity contribution in [1.29, 1.82) is 0 Å². The van der Waals surface area contributed by atoms with Crippen LogP contribution in [0.5, 0.6) is 0 Å². The van der Waals surface area contributed by atoms with Crippen LogP contribution >= 0.6 is 0 Å². The number of carbonyl (C=O) groups is 1. The van der Waals surface area contributed by atoms with E-state index >= 15 is 0 Å². The van der Waals surface area contributed by atoms with Crippen molar-refractivity contribution in [3.8, 4) is 0 Å². The van der Waals surface area contributed by atoms with Crippen LogP contribution in [0, 0.1) is 6.92 Å². The molecule has 1 aliphatic rings. The standard InChI is InChI=1S/C12H16.CH2O3/c1-10-6-8-12(9-7-10)11-4-2-3-5-11;2-1(3)4/h6-9,11H,2-5H2,1H3;(H2,2,3,4). The first-order valence-electron chi connectivity index (χ1n) is 5.58. The zero-order chi connectivity index (χ0) is 12.0. The van der Waals surface area contributed by atoms with Gasteiger partial charge in [-0.25, -0.2) is 4.79 Å². The van der Waals surface area contributed by atoms with E-state index in [0.717, 1.165) is 5.92 Å². The normalized spacial score (nSPS) is 15.3. The zero-order valence-corrected chi connectivity index (χ0v) is 9.52. The Labute approximate surface area is 95.7 Å². The number of hydrogen-bond donors (Lipinski definition) is 2. The maximum Gasteiger partial charge on any atom is 0.503 e. The first kappa shape index (κ1) is 12.6. The van der Waals surface area contributed by atoms with Gasteiger partial charge in [-0.05, 0) is 31.2 Å². The third-order valence-corrected chi connectivity index (χ3v) is 2.90. The lowest BCUT2D eigenvalue weighted by Crippen LogP contribution is -1.90. The Balaban J connectivity index is 0.000000280. The molecule has 2 N–H and O–H groups in total. The summed E-state index contributed by atoms with van der Waals surface area (Å²) in [7, 11) is 0. The molecule has 3 heteroatoms. The third-order valence-electron chi connectivity index (χ3n) is 2.90. The van der Waals surface area contributed by atoms with Crippen molar-refractivity contribution < 1.29 is 15.0 Å². The second-order valence-corrected chi connectivity index (χ2v) is 4.17. The van der Waals surface area contributed by atoms with E-state index in [0.29, 0.717) is 0 Å². The van der Waals surface area contributed by atoms with Gasteiger partial charge in [0.05, 0.1) is 0 Å². The zero-order valence-electron chi connectivity index (χ0n) is 9.52. The molecule has 16 heavy (non-hydrogen) atoms. The Hall–Kier alpha value is -1.51. The number of aryl methyl sites for hydroxylation is 1. The molecule has 1 aliphatic carbocycles. The second-order valence-electron chi connectivity index (χ2n) is 4.17. The Bertz CT molecular complexity index is 320. The minimum absolute atomic E-state index is 0.866. The number of hydrogen-bond acceptors (Lipinski definition) is 1. The number of benzene rings is 1. The van der Waals surface area contributed by atoms with Crippen molar-refractivity contribution in [2.24, 2.45) is 0 Å². The highest BCUT2D eigenvalue weighted by molar-refractivity contribution is 5.53. The van der Waals surface area contributed by atoms with Crippen molar-refractivity contribution in [1.82, 2.24) is 0 Å².